The van der Waals surface area contributed by atoms with Crippen LogP contribution in [-0.4, -0.2) is 0 Å². The number of aryl methyl sites for hydroxylation is 1. The molecule has 2 aromatic rings. The van der Waals surface area contributed by atoms with Crippen molar-refractivity contribution in [3.8, 4) is 11.5 Å². The van der Waals surface area contributed by atoms with E-state index in [1.165, 1.54) is 6.07 Å². The van der Waals surface area contributed by atoms with Gasteiger partial charge in [-0.25, -0.2) is 8.78 Å². The maximum atomic E-state index is 13.1. The van der Waals surface area contributed by atoms with Gasteiger partial charge in [-0.1, -0.05) is 32.0 Å². The first-order chi connectivity index (χ1) is 9.90. The Balaban J connectivity index is 2.39. The number of benzene rings is 2. The number of para-hydroxylation sites is 1. The molecule has 0 aliphatic rings. The van der Waals surface area contributed by atoms with E-state index >= 15 is 0 Å². The number of hydrogen-bond acceptors (Lipinski definition) is 1. The van der Waals surface area contributed by atoms with Gasteiger partial charge in [0.2, 0.25) is 0 Å². The highest BCUT2D eigenvalue weighted by Gasteiger charge is 2.17. The zero-order valence-corrected chi connectivity index (χ0v) is 13.7. The third kappa shape index (κ3) is 3.62. The molecular weight excluding hydrogens is 338 g/mol. The topological polar surface area (TPSA) is 9.23 Å². The fourth-order valence-corrected chi connectivity index (χ4v) is 2.53. The summed E-state index contributed by atoms with van der Waals surface area (Å²) in [5.41, 5.74) is 1.76. The molecule has 0 aliphatic carbocycles. The molecule has 0 atom stereocenters. The molecule has 0 unspecified atom stereocenters. The Morgan fingerprint density at radius 3 is 2.38 bits per heavy atom. The summed E-state index contributed by atoms with van der Waals surface area (Å²) in [6, 6.07) is 10.5. The third-order valence-corrected chi connectivity index (χ3v) is 3.93. The zero-order chi connectivity index (χ0) is 15.6. The summed E-state index contributed by atoms with van der Waals surface area (Å²) >= 11 is 3.45. The molecular formula is C17H17BrF2O. The van der Waals surface area contributed by atoms with E-state index < -0.39 is 6.43 Å². The molecule has 0 spiro atoms. The molecule has 0 bridgehead atoms. The molecule has 0 amide bonds. The van der Waals surface area contributed by atoms with E-state index in [0.717, 1.165) is 10.0 Å². The summed E-state index contributed by atoms with van der Waals surface area (Å²) in [5.74, 6) is 1.16. The first kappa shape index (κ1) is 16.0. The number of ether oxygens (including phenoxy) is 1. The van der Waals surface area contributed by atoms with Crippen molar-refractivity contribution in [2.24, 2.45) is 0 Å². The van der Waals surface area contributed by atoms with Gasteiger partial charge in [0.15, 0.2) is 0 Å². The number of rotatable bonds is 4. The Kier molecular flexibility index (Phi) is 4.99. The van der Waals surface area contributed by atoms with Crippen LogP contribution >= 0.6 is 15.9 Å². The van der Waals surface area contributed by atoms with Gasteiger partial charge < -0.3 is 4.74 Å². The monoisotopic (exact) mass is 354 g/mol. The van der Waals surface area contributed by atoms with Gasteiger partial charge in [0.25, 0.3) is 6.43 Å². The van der Waals surface area contributed by atoms with Gasteiger partial charge in [0.1, 0.15) is 11.5 Å². The largest absolute Gasteiger partial charge is 0.455 e. The Labute approximate surface area is 132 Å². The SMILES string of the molecule is Cc1cccc(C(F)F)c1Oc1ccc(C(C)C)cc1Br. The van der Waals surface area contributed by atoms with Crippen LogP contribution in [0.1, 0.15) is 42.9 Å². The van der Waals surface area contributed by atoms with Crippen LogP contribution in [-0.2, 0) is 0 Å². The van der Waals surface area contributed by atoms with Crippen molar-refractivity contribution in [1.29, 1.82) is 0 Å². The highest BCUT2D eigenvalue weighted by Crippen LogP contribution is 2.38. The molecule has 0 saturated heterocycles. The van der Waals surface area contributed by atoms with Crippen LogP contribution in [0.4, 0.5) is 8.78 Å². The van der Waals surface area contributed by atoms with Crippen molar-refractivity contribution in [3.05, 3.63) is 57.6 Å². The van der Waals surface area contributed by atoms with Crippen molar-refractivity contribution >= 4 is 15.9 Å². The predicted octanol–water partition coefficient (Wildman–Crippen LogP) is 6.61. The van der Waals surface area contributed by atoms with Crippen LogP contribution in [0.15, 0.2) is 40.9 Å². The second kappa shape index (κ2) is 6.56. The van der Waals surface area contributed by atoms with E-state index in [2.05, 4.69) is 29.8 Å². The summed E-state index contributed by atoms with van der Waals surface area (Å²) in [5, 5.41) is 0. The smallest absolute Gasteiger partial charge is 0.267 e. The van der Waals surface area contributed by atoms with Crippen LogP contribution in [0.2, 0.25) is 0 Å². The Morgan fingerprint density at radius 1 is 1.10 bits per heavy atom. The van der Waals surface area contributed by atoms with Crippen molar-refractivity contribution in [2.75, 3.05) is 0 Å². The summed E-state index contributed by atoms with van der Waals surface area (Å²) in [4.78, 5) is 0. The molecule has 2 rings (SSSR count). The maximum Gasteiger partial charge on any atom is 0.267 e. The summed E-state index contributed by atoms with van der Waals surface area (Å²) in [6.45, 7) is 5.95. The molecule has 112 valence electrons. The van der Waals surface area contributed by atoms with Gasteiger partial charge in [0, 0.05) is 0 Å². The average Bonchev–Trinajstić information content (AvgIpc) is 2.42. The van der Waals surface area contributed by atoms with Crippen molar-refractivity contribution < 1.29 is 13.5 Å². The fraction of sp³-hybridized carbons (Fsp3) is 0.294. The minimum absolute atomic E-state index is 0.0881. The average molecular weight is 355 g/mol. The molecule has 0 saturated carbocycles. The van der Waals surface area contributed by atoms with E-state index in [1.807, 2.05) is 12.1 Å². The fourth-order valence-electron chi connectivity index (χ4n) is 2.06. The van der Waals surface area contributed by atoms with Crippen LogP contribution in [0.25, 0.3) is 0 Å². The molecule has 21 heavy (non-hydrogen) atoms. The Morgan fingerprint density at radius 2 is 1.81 bits per heavy atom. The van der Waals surface area contributed by atoms with Gasteiger partial charge in [-0.15, -0.1) is 0 Å². The van der Waals surface area contributed by atoms with Gasteiger partial charge in [-0.3, -0.25) is 0 Å². The number of hydrogen-bond donors (Lipinski definition) is 0. The lowest BCUT2D eigenvalue weighted by Gasteiger charge is -2.15. The lowest BCUT2D eigenvalue weighted by Crippen LogP contribution is -1.96. The Bertz CT molecular complexity index is 639. The lowest BCUT2D eigenvalue weighted by atomic mass is 10.0. The van der Waals surface area contributed by atoms with Gasteiger partial charge in [-0.2, -0.15) is 0 Å². The minimum atomic E-state index is -2.56. The molecule has 4 heteroatoms. The molecule has 0 fully saturated rings. The summed E-state index contributed by atoms with van der Waals surface area (Å²) in [6.07, 6.45) is -2.56. The normalized spacial score (nSPS) is 11.2. The third-order valence-electron chi connectivity index (χ3n) is 3.31. The minimum Gasteiger partial charge on any atom is -0.455 e. The van der Waals surface area contributed by atoms with Crippen molar-refractivity contribution in [1.82, 2.24) is 0 Å². The standard InChI is InChI=1S/C17H17BrF2O/c1-10(2)12-7-8-15(14(18)9-12)21-16-11(3)5-4-6-13(16)17(19)20/h4-10,17H,1-3H3. The van der Waals surface area contributed by atoms with E-state index in [-0.39, 0.29) is 11.3 Å². The van der Waals surface area contributed by atoms with Crippen LogP contribution in [0.5, 0.6) is 11.5 Å². The molecule has 2 aromatic carbocycles. The van der Waals surface area contributed by atoms with Crippen molar-refractivity contribution in [3.63, 3.8) is 0 Å². The molecule has 0 N–H and O–H groups in total. The zero-order valence-electron chi connectivity index (χ0n) is 12.2. The second-order valence-electron chi connectivity index (χ2n) is 5.24. The number of halogens is 3. The van der Waals surface area contributed by atoms with Gasteiger partial charge in [-0.05, 0) is 58.1 Å². The van der Waals surface area contributed by atoms with Crippen LogP contribution in [0.3, 0.4) is 0 Å². The first-order valence-corrected chi connectivity index (χ1v) is 7.54. The second-order valence-corrected chi connectivity index (χ2v) is 6.09. The number of alkyl halides is 2. The van der Waals surface area contributed by atoms with Gasteiger partial charge in [0.05, 0.1) is 10.0 Å². The molecule has 0 aromatic heterocycles. The molecule has 0 aliphatic heterocycles. The van der Waals surface area contributed by atoms with Crippen LogP contribution in [0, 0.1) is 6.92 Å². The Hall–Kier alpha value is -1.42. The quantitative estimate of drug-likeness (QED) is 0.600. The van der Waals surface area contributed by atoms with E-state index in [1.54, 1.807) is 25.1 Å². The highest BCUT2D eigenvalue weighted by atomic mass is 79.9. The van der Waals surface area contributed by atoms with E-state index in [4.69, 9.17) is 4.74 Å². The lowest BCUT2D eigenvalue weighted by molar-refractivity contribution is 0.148. The molecule has 1 nitrogen and oxygen atoms in total. The van der Waals surface area contributed by atoms with E-state index in [9.17, 15) is 8.78 Å². The summed E-state index contributed by atoms with van der Waals surface area (Å²) in [7, 11) is 0. The first-order valence-electron chi connectivity index (χ1n) is 6.75. The molecule has 0 radical (unpaired) electrons. The van der Waals surface area contributed by atoms with Crippen LogP contribution < -0.4 is 4.74 Å². The highest BCUT2D eigenvalue weighted by molar-refractivity contribution is 9.10. The summed E-state index contributed by atoms with van der Waals surface area (Å²) < 4.78 is 32.7. The van der Waals surface area contributed by atoms with Crippen molar-refractivity contribution in [2.45, 2.75) is 33.1 Å². The van der Waals surface area contributed by atoms with E-state index in [0.29, 0.717) is 17.2 Å². The van der Waals surface area contributed by atoms with Gasteiger partial charge >= 0.3 is 0 Å². The molecule has 0 heterocycles. The predicted molar refractivity (Wildman–Crippen MR) is 84.4 cm³/mol. The maximum absolute atomic E-state index is 13.1.